The maximum atomic E-state index is 11.5. The van der Waals surface area contributed by atoms with Gasteiger partial charge in [-0.15, -0.1) is 0 Å². The summed E-state index contributed by atoms with van der Waals surface area (Å²) >= 11 is 0. The Morgan fingerprint density at radius 1 is 1.46 bits per heavy atom. The molecule has 0 spiro atoms. The molecule has 0 radical (unpaired) electrons. The van der Waals surface area contributed by atoms with Gasteiger partial charge in [0.1, 0.15) is 5.82 Å². The molecule has 13 heavy (non-hydrogen) atoms. The smallest absolute Gasteiger partial charge is 0.261 e. The Hall–Kier alpha value is -0.880. The first-order valence-electron chi connectivity index (χ1n) is 3.78. The molecule has 1 rings (SSSR count). The van der Waals surface area contributed by atoms with E-state index in [1.807, 2.05) is 0 Å². The van der Waals surface area contributed by atoms with Gasteiger partial charge in [-0.1, -0.05) is 0 Å². The Bertz CT molecular complexity index is 386. The van der Waals surface area contributed by atoms with E-state index in [1.165, 1.54) is 20.3 Å². The van der Waals surface area contributed by atoms with Crippen LogP contribution in [0.25, 0.3) is 0 Å². The normalized spacial score (nSPS) is 12.4. The minimum absolute atomic E-state index is 0.0949. The van der Waals surface area contributed by atoms with Crippen LogP contribution in [0.15, 0.2) is 11.2 Å². The number of aryl methyl sites for hydroxylation is 2. The lowest BCUT2D eigenvalue weighted by Gasteiger charge is -2.07. The molecule has 0 fully saturated rings. The summed E-state index contributed by atoms with van der Waals surface area (Å²) in [6, 6.07) is 0. The summed E-state index contributed by atoms with van der Waals surface area (Å²) in [5.74, 6) is 0.681. The molecule has 5 nitrogen and oxygen atoms in total. The van der Waals surface area contributed by atoms with Crippen molar-refractivity contribution in [1.29, 1.82) is 0 Å². The highest BCUT2D eigenvalue weighted by atomic mass is 32.2. The first-order chi connectivity index (χ1) is 5.85. The van der Waals surface area contributed by atoms with Crippen LogP contribution < -0.4 is 0 Å². The summed E-state index contributed by atoms with van der Waals surface area (Å²) in [4.78, 5) is 3.94. The molecule has 74 valence electrons. The maximum absolute atomic E-state index is 11.5. The molecule has 0 N–H and O–H groups in total. The van der Waals surface area contributed by atoms with Crippen LogP contribution in [-0.4, -0.2) is 36.4 Å². The monoisotopic (exact) mass is 203 g/mol. The zero-order chi connectivity index (χ0) is 10.2. The second kappa shape index (κ2) is 3.12. The van der Waals surface area contributed by atoms with Crippen molar-refractivity contribution in [3.8, 4) is 0 Å². The molecule has 0 saturated carbocycles. The quantitative estimate of drug-likeness (QED) is 0.678. The Morgan fingerprint density at radius 3 is 2.31 bits per heavy atom. The molecule has 0 aliphatic carbocycles. The van der Waals surface area contributed by atoms with Gasteiger partial charge < -0.3 is 4.57 Å². The van der Waals surface area contributed by atoms with Crippen molar-refractivity contribution in [3.63, 3.8) is 0 Å². The van der Waals surface area contributed by atoms with Gasteiger partial charge in [-0.3, -0.25) is 0 Å². The van der Waals surface area contributed by atoms with Crippen LogP contribution in [-0.2, 0) is 17.1 Å². The van der Waals surface area contributed by atoms with E-state index in [4.69, 9.17) is 0 Å². The second-order valence-corrected chi connectivity index (χ2v) is 5.12. The van der Waals surface area contributed by atoms with Gasteiger partial charge in [0, 0.05) is 27.3 Å². The first-order valence-corrected chi connectivity index (χ1v) is 5.22. The summed E-state index contributed by atoms with van der Waals surface area (Å²) in [7, 11) is 1.35. The van der Waals surface area contributed by atoms with Gasteiger partial charge in [-0.05, 0) is 6.92 Å². The van der Waals surface area contributed by atoms with Crippen LogP contribution in [0.3, 0.4) is 0 Å². The summed E-state index contributed by atoms with van der Waals surface area (Å²) < 4.78 is 25.9. The SMILES string of the molecule is Cc1nc(S(=O)(=O)N(C)C)cn1C. The van der Waals surface area contributed by atoms with Crippen molar-refractivity contribution >= 4 is 10.0 Å². The first kappa shape index (κ1) is 10.2. The van der Waals surface area contributed by atoms with Crippen molar-refractivity contribution < 1.29 is 8.42 Å². The summed E-state index contributed by atoms with van der Waals surface area (Å²) in [6.45, 7) is 1.76. The fourth-order valence-corrected chi connectivity index (χ4v) is 1.75. The van der Waals surface area contributed by atoms with E-state index in [0.717, 1.165) is 4.31 Å². The number of nitrogens with zero attached hydrogens (tertiary/aromatic N) is 3. The van der Waals surface area contributed by atoms with E-state index >= 15 is 0 Å². The highest BCUT2D eigenvalue weighted by Gasteiger charge is 2.20. The number of rotatable bonds is 2. The zero-order valence-corrected chi connectivity index (χ0v) is 8.96. The van der Waals surface area contributed by atoms with E-state index in [2.05, 4.69) is 4.98 Å². The highest BCUT2D eigenvalue weighted by Crippen LogP contribution is 2.10. The molecule has 1 heterocycles. The largest absolute Gasteiger partial charge is 0.337 e. The third-order valence-electron chi connectivity index (χ3n) is 1.83. The van der Waals surface area contributed by atoms with E-state index in [9.17, 15) is 8.42 Å². The topological polar surface area (TPSA) is 55.2 Å². The fraction of sp³-hybridized carbons (Fsp3) is 0.571. The summed E-state index contributed by atoms with van der Waals surface area (Å²) in [5.41, 5.74) is 0. The standard InChI is InChI=1S/C7H13N3O2S/c1-6-8-7(5-10(6)4)13(11,12)9(2)3/h5H,1-4H3. The predicted octanol–water partition coefficient (Wildman–Crippen LogP) is -0.0212. The second-order valence-electron chi connectivity index (χ2n) is 3.02. The molecule has 0 aromatic carbocycles. The van der Waals surface area contributed by atoms with Gasteiger partial charge >= 0.3 is 0 Å². The highest BCUT2D eigenvalue weighted by molar-refractivity contribution is 7.89. The molecule has 0 saturated heterocycles. The molecule has 0 aliphatic heterocycles. The van der Waals surface area contributed by atoms with Crippen LogP contribution in [0.2, 0.25) is 0 Å². The molecule has 0 amide bonds. The Labute approximate surface area is 78.1 Å². The molecule has 0 unspecified atom stereocenters. The van der Waals surface area contributed by atoms with Crippen LogP contribution in [0.4, 0.5) is 0 Å². The van der Waals surface area contributed by atoms with Gasteiger partial charge in [0.05, 0.1) is 0 Å². The van der Waals surface area contributed by atoms with E-state index in [1.54, 1.807) is 18.5 Å². The lowest BCUT2D eigenvalue weighted by molar-refractivity contribution is 0.517. The van der Waals surface area contributed by atoms with Gasteiger partial charge in [0.15, 0.2) is 5.03 Å². The molecule has 6 heteroatoms. The average Bonchev–Trinajstić information content (AvgIpc) is 2.32. The third kappa shape index (κ3) is 1.73. The number of sulfonamides is 1. The van der Waals surface area contributed by atoms with Gasteiger partial charge in [0.25, 0.3) is 10.0 Å². The van der Waals surface area contributed by atoms with Crippen molar-refractivity contribution in [1.82, 2.24) is 13.9 Å². The molecule has 0 aliphatic rings. The third-order valence-corrected chi connectivity index (χ3v) is 3.52. The molecule has 1 aromatic rings. The lowest BCUT2D eigenvalue weighted by atomic mass is 10.7. The van der Waals surface area contributed by atoms with Gasteiger partial charge in [-0.25, -0.2) is 17.7 Å². The van der Waals surface area contributed by atoms with Crippen molar-refractivity contribution in [2.45, 2.75) is 11.9 Å². The molecule has 0 bridgehead atoms. The summed E-state index contributed by atoms with van der Waals surface area (Å²) in [5, 5.41) is 0.0949. The van der Waals surface area contributed by atoms with Crippen molar-refractivity contribution in [2.24, 2.45) is 7.05 Å². The van der Waals surface area contributed by atoms with E-state index in [0.29, 0.717) is 5.82 Å². The van der Waals surface area contributed by atoms with Crippen LogP contribution >= 0.6 is 0 Å². The number of aromatic nitrogens is 2. The van der Waals surface area contributed by atoms with Crippen LogP contribution in [0, 0.1) is 6.92 Å². The number of imidazole rings is 1. The lowest BCUT2D eigenvalue weighted by Crippen LogP contribution is -2.22. The minimum Gasteiger partial charge on any atom is -0.337 e. The van der Waals surface area contributed by atoms with Crippen LogP contribution in [0.5, 0.6) is 0 Å². The molecular weight excluding hydrogens is 190 g/mol. The van der Waals surface area contributed by atoms with E-state index in [-0.39, 0.29) is 5.03 Å². The van der Waals surface area contributed by atoms with Gasteiger partial charge in [-0.2, -0.15) is 0 Å². The van der Waals surface area contributed by atoms with Crippen molar-refractivity contribution in [2.75, 3.05) is 14.1 Å². The van der Waals surface area contributed by atoms with Gasteiger partial charge in [0.2, 0.25) is 0 Å². The Kier molecular flexibility index (Phi) is 2.44. The number of hydrogen-bond donors (Lipinski definition) is 0. The number of hydrogen-bond acceptors (Lipinski definition) is 3. The minimum atomic E-state index is -3.38. The predicted molar refractivity (Wildman–Crippen MR) is 48.8 cm³/mol. The maximum Gasteiger partial charge on any atom is 0.261 e. The Morgan fingerprint density at radius 2 is 2.00 bits per heavy atom. The molecular formula is C7H13N3O2S. The molecule has 1 aromatic heterocycles. The zero-order valence-electron chi connectivity index (χ0n) is 8.14. The van der Waals surface area contributed by atoms with Crippen molar-refractivity contribution in [3.05, 3.63) is 12.0 Å². The average molecular weight is 203 g/mol. The fourth-order valence-electron chi connectivity index (χ4n) is 0.838. The Balaban J connectivity index is 3.24. The van der Waals surface area contributed by atoms with E-state index < -0.39 is 10.0 Å². The summed E-state index contributed by atoms with van der Waals surface area (Å²) in [6.07, 6.45) is 1.50. The molecule has 0 atom stereocenters. The van der Waals surface area contributed by atoms with Crippen LogP contribution in [0.1, 0.15) is 5.82 Å².